The van der Waals surface area contributed by atoms with E-state index >= 15 is 0 Å². The molecular formula is C11H22N2S. The Bertz CT molecular complexity index is 184. The van der Waals surface area contributed by atoms with Gasteiger partial charge in [0.1, 0.15) is 0 Å². The second-order valence-electron chi connectivity index (χ2n) is 4.40. The molecule has 2 nitrogen and oxygen atoms in total. The summed E-state index contributed by atoms with van der Waals surface area (Å²) in [6.07, 6.45) is 4.24. The number of rotatable bonds is 7. The van der Waals surface area contributed by atoms with Gasteiger partial charge in [-0.2, -0.15) is 17.0 Å². The number of nitriles is 1. The highest BCUT2D eigenvalue weighted by molar-refractivity contribution is 7.98. The summed E-state index contributed by atoms with van der Waals surface area (Å²) in [6.45, 7) is 6.27. The second-order valence-corrected chi connectivity index (χ2v) is 5.38. The quantitative estimate of drug-likeness (QED) is 0.652. The van der Waals surface area contributed by atoms with E-state index in [0.29, 0.717) is 0 Å². The molecule has 0 amide bonds. The highest BCUT2D eigenvalue weighted by Gasteiger charge is 2.15. The van der Waals surface area contributed by atoms with Crippen LogP contribution in [0.2, 0.25) is 0 Å². The molecule has 82 valence electrons. The molecule has 0 bridgehead atoms. The Morgan fingerprint density at radius 3 is 2.50 bits per heavy atom. The predicted octanol–water partition coefficient (Wildman–Crippen LogP) is 2.61. The van der Waals surface area contributed by atoms with Gasteiger partial charge in [-0.15, -0.1) is 0 Å². The molecule has 0 heterocycles. The van der Waals surface area contributed by atoms with Gasteiger partial charge in [0.05, 0.1) is 11.5 Å². The first-order valence-corrected chi connectivity index (χ1v) is 6.50. The van der Waals surface area contributed by atoms with Gasteiger partial charge in [0.2, 0.25) is 0 Å². The van der Waals surface area contributed by atoms with Crippen LogP contribution >= 0.6 is 11.8 Å². The Kier molecular flexibility index (Phi) is 7.04. The van der Waals surface area contributed by atoms with Gasteiger partial charge < -0.3 is 4.90 Å². The fraction of sp³-hybridized carbons (Fsp3) is 0.909. The second kappa shape index (κ2) is 7.14. The Morgan fingerprint density at radius 1 is 1.36 bits per heavy atom. The third kappa shape index (κ3) is 7.23. The lowest BCUT2D eigenvalue weighted by molar-refractivity contribution is 0.319. The van der Waals surface area contributed by atoms with Crippen LogP contribution in [0.4, 0.5) is 0 Å². The van der Waals surface area contributed by atoms with Crippen molar-refractivity contribution in [3.05, 3.63) is 0 Å². The van der Waals surface area contributed by atoms with Gasteiger partial charge in [-0.3, -0.25) is 0 Å². The van der Waals surface area contributed by atoms with Crippen LogP contribution in [0.5, 0.6) is 0 Å². The van der Waals surface area contributed by atoms with Gasteiger partial charge in [-0.1, -0.05) is 0 Å². The highest BCUT2D eigenvalue weighted by Crippen LogP contribution is 2.20. The summed E-state index contributed by atoms with van der Waals surface area (Å²) in [5, 5.41) is 8.83. The number of hydrogen-bond acceptors (Lipinski definition) is 3. The molecule has 0 rings (SSSR count). The van der Waals surface area contributed by atoms with Crippen LogP contribution in [0, 0.1) is 16.7 Å². The Labute approximate surface area is 92.7 Å². The lowest BCUT2D eigenvalue weighted by Crippen LogP contribution is -2.23. The molecule has 0 N–H and O–H groups in total. The van der Waals surface area contributed by atoms with Crippen molar-refractivity contribution in [1.82, 2.24) is 4.90 Å². The van der Waals surface area contributed by atoms with Crippen molar-refractivity contribution in [2.45, 2.75) is 26.7 Å². The first-order chi connectivity index (χ1) is 6.52. The maximum atomic E-state index is 8.83. The lowest BCUT2D eigenvalue weighted by Gasteiger charge is -2.19. The number of thioether (sulfide) groups is 1. The summed E-state index contributed by atoms with van der Waals surface area (Å²) < 4.78 is 0. The van der Waals surface area contributed by atoms with E-state index in [1.54, 1.807) is 0 Å². The molecule has 0 aliphatic carbocycles. The van der Waals surface area contributed by atoms with E-state index in [-0.39, 0.29) is 5.41 Å². The number of hydrogen-bond donors (Lipinski definition) is 0. The van der Waals surface area contributed by atoms with Crippen LogP contribution in [0.1, 0.15) is 26.7 Å². The van der Waals surface area contributed by atoms with E-state index in [1.165, 1.54) is 5.75 Å². The van der Waals surface area contributed by atoms with E-state index in [1.807, 2.05) is 25.6 Å². The summed E-state index contributed by atoms with van der Waals surface area (Å²) in [6, 6.07) is 2.34. The van der Waals surface area contributed by atoms with E-state index < -0.39 is 0 Å². The molecule has 0 saturated carbocycles. The maximum absolute atomic E-state index is 8.83. The zero-order valence-corrected chi connectivity index (χ0v) is 10.7. The molecular weight excluding hydrogens is 192 g/mol. The van der Waals surface area contributed by atoms with Crippen molar-refractivity contribution < 1.29 is 0 Å². The van der Waals surface area contributed by atoms with Crippen molar-refractivity contribution in [2.24, 2.45) is 5.41 Å². The average molecular weight is 214 g/mol. The van der Waals surface area contributed by atoms with Crippen molar-refractivity contribution in [3.8, 4) is 6.07 Å². The summed E-state index contributed by atoms with van der Waals surface area (Å²) in [5.41, 5.74) is -0.152. The maximum Gasteiger partial charge on any atom is 0.0683 e. The van der Waals surface area contributed by atoms with Gasteiger partial charge in [0.25, 0.3) is 0 Å². The summed E-state index contributed by atoms with van der Waals surface area (Å²) in [7, 11) is 2.15. The molecule has 0 saturated heterocycles. The van der Waals surface area contributed by atoms with Crippen LogP contribution in [-0.2, 0) is 0 Å². The van der Waals surface area contributed by atoms with Gasteiger partial charge in [-0.05, 0) is 46.5 Å². The molecule has 0 aromatic carbocycles. The Morgan fingerprint density at radius 2 is 2.00 bits per heavy atom. The first-order valence-electron chi connectivity index (χ1n) is 5.10. The third-order valence-corrected chi connectivity index (χ3v) is 2.91. The largest absolute Gasteiger partial charge is 0.306 e. The normalized spacial score (nSPS) is 11.7. The molecule has 0 spiro atoms. The molecule has 0 aliphatic heterocycles. The number of nitrogens with zero attached hydrogens (tertiary/aromatic N) is 2. The van der Waals surface area contributed by atoms with Gasteiger partial charge >= 0.3 is 0 Å². The van der Waals surface area contributed by atoms with Gasteiger partial charge in [0.15, 0.2) is 0 Å². The van der Waals surface area contributed by atoms with Crippen molar-refractivity contribution >= 4 is 11.8 Å². The minimum absolute atomic E-state index is 0.152. The van der Waals surface area contributed by atoms with Gasteiger partial charge in [0, 0.05) is 12.3 Å². The van der Waals surface area contributed by atoms with E-state index in [0.717, 1.165) is 25.9 Å². The third-order valence-electron chi connectivity index (χ3n) is 2.32. The Hall–Kier alpha value is -0.200. The summed E-state index contributed by atoms with van der Waals surface area (Å²) in [4.78, 5) is 2.34. The molecule has 3 heteroatoms. The fourth-order valence-electron chi connectivity index (χ4n) is 1.21. The minimum Gasteiger partial charge on any atom is -0.306 e. The molecule has 0 aromatic rings. The monoisotopic (exact) mass is 214 g/mol. The molecule has 14 heavy (non-hydrogen) atoms. The minimum atomic E-state index is -0.152. The average Bonchev–Trinajstić information content (AvgIpc) is 2.14. The van der Waals surface area contributed by atoms with E-state index in [2.05, 4.69) is 24.3 Å². The summed E-state index contributed by atoms with van der Waals surface area (Å²) in [5.74, 6) is 1.19. The van der Waals surface area contributed by atoms with Crippen molar-refractivity contribution in [1.29, 1.82) is 5.26 Å². The molecule has 0 fully saturated rings. The van der Waals surface area contributed by atoms with Crippen molar-refractivity contribution in [2.75, 3.05) is 32.1 Å². The molecule has 0 radical (unpaired) electrons. The molecule has 0 atom stereocenters. The SMILES string of the molecule is CSCCN(C)CCCC(C)(C)C#N. The van der Waals surface area contributed by atoms with Crippen LogP contribution in [0.25, 0.3) is 0 Å². The van der Waals surface area contributed by atoms with Gasteiger partial charge in [-0.25, -0.2) is 0 Å². The summed E-state index contributed by atoms with van der Waals surface area (Å²) >= 11 is 1.88. The smallest absolute Gasteiger partial charge is 0.0683 e. The van der Waals surface area contributed by atoms with E-state index in [4.69, 9.17) is 5.26 Å². The molecule has 0 aromatic heterocycles. The molecule has 0 unspecified atom stereocenters. The zero-order valence-electron chi connectivity index (χ0n) is 9.84. The topological polar surface area (TPSA) is 27.0 Å². The van der Waals surface area contributed by atoms with Crippen LogP contribution in [0.3, 0.4) is 0 Å². The fourth-order valence-corrected chi connectivity index (χ4v) is 1.70. The standard InChI is InChI=1S/C11H22N2S/c1-11(2,10-12)6-5-7-13(3)8-9-14-4/h5-9H2,1-4H3. The van der Waals surface area contributed by atoms with Crippen LogP contribution < -0.4 is 0 Å². The molecule has 0 aliphatic rings. The van der Waals surface area contributed by atoms with Crippen molar-refractivity contribution in [3.63, 3.8) is 0 Å². The van der Waals surface area contributed by atoms with E-state index in [9.17, 15) is 0 Å². The lowest BCUT2D eigenvalue weighted by atomic mass is 9.90. The first kappa shape index (κ1) is 13.8. The highest BCUT2D eigenvalue weighted by atomic mass is 32.2. The van der Waals surface area contributed by atoms with Crippen LogP contribution in [-0.4, -0.2) is 37.0 Å². The van der Waals surface area contributed by atoms with Crippen LogP contribution in [0.15, 0.2) is 0 Å². The Balaban J connectivity index is 3.50. The predicted molar refractivity (Wildman–Crippen MR) is 64.5 cm³/mol. The zero-order chi connectivity index (χ0) is 11.0.